The molecular formula is C20H23N5O3. The maximum atomic E-state index is 13.1. The molecule has 3 aromatic heterocycles. The number of amides is 1. The van der Waals surface area contributed by atoms with Crippen molar-refractivity contribution in [3.8, 4) is 17.4 Å². The van der Waals surface area contributed by atoms with Crippen LogP contribution in [-0.2, 0) is 11.3 Å². The highest BCUT2D eigenvalue weighted by Gasteiger charge is 2.24. The van der Waals surface area contributed by atoms with E-state index < -0.39 is 0 Å². The first-order chi connectivity index (χ1) is 13.8. The summed E-state index contributed by atoms with van der Waals surface area (Å²) in [7, 11) is 1.59. The summed E-state index contributed by atoms with van der Waals surface area (Å²) in [6, 6.07) is 5.41. The van der Waals surface area contributed by atoms with Crippen LogP contribution < -0.4 is 0 Å². The number of likely N-dealkylation sites (tertiary alicyclic amines) is 1. The molecular weight excluding hydrogens is 358 g/mol. The number of aromatic nitrogens is 4. The quantitative estimate of drug-likeness (QED) is 0.675. The van der Waals surface area contributed by atoms with Gasteiger partial charge in [0.15, 0.2) is 5.76 Å². The van der Waals surface area contributed by atoms with E-state index >= 15 is 0 Å². The minimum atomic E-state index is -0.0117. The number of rotatable bonds is 5. The van der Waals surface area contributed by atoms with E-state index in [1.165, 1.54) is 12.8 Å². The second-order valence-corrected chi connectivity index (χ2v) is 6.78. The summed E-state index contributed by atoms with van der Waals surface area (Å²) in [5.41, 5.74) is 1.83. The van der Waals surface area contributed by atoms with Crippen LogP contribution in [0.5, 0.6) is 0 Å². The lowest BCUT2D eigenvalue weighted by Gasteiger charge is -2.20. The molecule has 0 atom stereocenters. The molecule has 0 saturated carbocycles. The highest BCUT2D eigenvalue weighted by atomic mass is 16.5. The van der Waals surface area contributed by atoms with E-state index in [4.69, 9.17) is 9.15 Å². The van der Waals surface area contributed by atoms with E-state index in [0.717, 1.165) is 25.9 Å². The normalized spacial score (nSPS) is 14.8. The Morgan fingerprint density at radius 2 is 2.04 bits per heavy atom. The number of ether oxygens (including phenoxy) is 1. The molecule has 28 heavy (non-hydrogen) atoms. The number of hydrogen-bond donors (Lipinski definition) is 0. The van der Waals surface area contributed by atoms with Crippen LogP contribution >= 0.6 is 0 Å². The van der Waals surface area contributed by atoms with Crippen LogP contribution in [0.4, 0.5) is 0 Å². The molecule has 8 nitrogen and oxygen atoms in total. The fourth-order valence-corrected chi connectivity index (χ4v) is 3.46. The van der Waals surface area contributed by atoms with Gasteiger partial charge in [0.05, 0.1) is 30.3 Å². The second kappa shape index (κ2) is 8.35. The highest BCUT2D eigenvalue weighted by molar-refractivity contribution is 5.95. The van der Waals surface area contributed by atoms with Gasteiger partial charge in [-0.05, 0) is 31.0 Å². The average Bonchev–Trinajstić information content (AvgIpc) is 3.32. The summed E-state index contributed by atoms with van der Waals surface area (Å²) < 4.78 is 12.3. The fourth-order valence-electron chi connectivity index (χ4n) is 3.46. The number of furan rings is 1. The third-order valence-electron chi connectivity index (χ3n) is 4.88. The summed E-state index contributed by atoms with van der Waals surface area (Å²) in [6.45, 7) is 1.80. The third-order valence-corrected chi connectivity index (χ3v) is 4.88. The molecule has 146 valence electrons. The molecule has 0 unspecified atom stereocenters. The first-order valence-corrected chi connectivity index (χ1v) is 9.50. The lowest BCUT2D eigenvalue weighted by molar-refractivity contribution is 0.0756. The molecule has 0 spiro atoms. The Morgan fingerprint density at radius 1 is 1.21 bits per heavy atom. The number of nitrogens with zero attached hydrogens (tertiary/aromatic N) is 5. The SMILES string of the molecule is COCc1c(C(=O)N2CCCCCC2)cnn1-c1nccc(-c2ccco2)n1. The molecule has 0 aromatic carbocycles. The van der Waals surface area contributed by atoms with E-state index in [-0.39, 0.29) is 12.5 Å². The van der Waals surface area contributed by atoms with Crippen LogP contribution in [-0.4, -0.2) is 50.8 Å². The van der Waals surface area contributed by atoms with Gasteiger partial charge in [-0.3, -0.25) is 4.79 Å². The van der Waals surface area contributed by atoms with Gasteiger partial charge in [-0.15, -0.1) is 0 Å². The average molecular weight is 381 g/mol. The van der Waals surface area contributed by atoms with Crippen molar-refractivity contribution in [2.45, 2.75) is 32.3 Å². The molecule has 1 saturated heterocycles. The van der Waals surface area contributed by atoms with E-state index in [9.17, 15) is 4.79 Å². The minimum Gasteiger partial charge on any atom is -0.463 e. The first kappa shape index (κ1) is 18.4. The molecule has 1 aliphatic heterocycles. The molecule has 4 heterocycles. The van der Waals surface area contributed by atoms with E-state index in [1.807, 2.05) is 11.0 Å². The minimum absolute atomic E-state index is 0.0117. The number of carbonyl (C=O) groups excluding carboxylic acids is 1. The van der Waals surface area contributed by atoms with Crippen LogP contribution in [0.25, 0.3) is 17.4 Å². The topological polar surface area (TPSA) is 86.3 Å². The van der Waals surface area contributed by atoms with Crippen LogP contribution in [0, 0.1) is 0 Å². The monoisotopic (exact) mass is 381 g/mol. The third kappa shape index (κ3) is 3.68. The predicted molar refractivity (Wildman–Crippen MR) is 102 cm³/mol. The molecule has 8 heteroatoms. The van der Waals surface area contributed by atoms with Gasteiger partial charge in [0.1, 0.15) is 5.69 Å². The standard InChI is InChI=1S/C20H23N5O3/c1-27-14-17-15(19(26)24-10-4-2-3-5-11-24)13-22-25(17)20-21-9-8-16(23-20)18-7-6-12-28-18/h6-9,12-13H,2-5,10-11,14H2,1H3. The number of hydrogen-bond acceptors (Lipinski definition) is 6. The summed E-state index contributed by atoms with van der Waals surface area (Å²) >= 11 is 0. The van der Waals surface area contributed by atoms with Crippen LogP contribution in [0.1, 0.15) is 41.7 Å². The first-order valence-electron chi connectivity index (χ1n) is 9.50. The van der Waals surface area contributed by atoms with Gasteiger partial charge in [0.2, 0.25) is 0 Å². The number of carbonyl (C=O) groups is 1. The molecule has 3 aromatic rings. The van der Waals surface area contributed by atoms with Gasteiger partial charge < -0.3 is 14.1 Å². The fraction of sp³-hybridized carbons (Fsp3) is 0.400. The van der Waals surface area contributed by atoms with Crippen molar-refractivity contribution in [3.63, 3.8) is 0 Å². The molecule has 4 rings (SSSR count). The number of methoxy groups -OCH3 is 1. The summed E-state index contributed by atoms with van der Waals surface area (Å²) in [5, 5.41) is 4.40. The Hall–Kier alpha value is -3.00. The Labute approximate surface area is 163 Å². The van der Waals surface area contributed by atoms with Gasteiger partial charge in [0.25, 0.3) is 11.9 Å². The Morgan fingerprint density at radius 3 is 2.75 bits per heavy atom. The predicted octanol–water partition coefficient (Wildman–Crippen LogP) is 3.08. The zero-order valence-electron chi connectivity index (χ0n) is 15.9. The molecule has 1 amide bonds. The lowest BCUT2D eigenvalue weighted by Crippen LogP contribution is -2.32. The summed E-state index contributed by atoms with van der Waals surface area (Å²) in [5.74, 6) is 1.00. The van der Waals surface area contributed by atoms with Gasteiger partial charge in [-0.2, -0.15) is 9.78 Å². The molecule has 0 N–H and O–H groups in total. The molecule has 1 fully saturated rings. The smallest absolute Gasteiger partial charge is 0.257 e. The van der Waals surface area contributed by atoms with Crippen molar-refractivity contribution in [1.29, 1.82) is 0 Å². The van der Waals surface area contributed by atoms with E-state index in [0.29, 0.717) is 28.7 Å². The van der Waals surface area contributed by atoms with E-state index in [2.05, 4.69) is 15.1 Å². The molecule has 0 aliphatic carbocycles. The van der Waals surface area contributed by atoms with Crippen LogP contribution in [0.3, 0.4) is 0 Å². The Balaban J connectivity index is 1.69. The van der Waals surface area contributed by atoms with Gasteiger partial charge in [-0.1, -0.05) is 12.8 Å². The second-order valence-electron chi connectivity index (χ2n) is 6.78. The van der Waals surface area contributed by atoms with Crippen molar-refractivity contribution in [3.05, 3.63) is 48.1 Å². The maximum Gasteiger partial charge on any atom is 0.257 e. The highest BCUT2D eigenvalue weighted by Crippen LogP contribution is 2.21. The summed E-state index contributed by atoms with van der Waals surface area (Å²) in [6.07, 6.45) is 9.24. The van der Waals surface area contributed by atoms with Crippen molar-refractivity contribution in [2.75, 3.05) is 20.2 Å². The summed E-state index contributed by atoms with van der Waals surface area (Å²) in [4.78, 5) is 23.9. The molecule has 1 aliphatic rings. The van der Waals surface area contributed by atoms with E-state index in [1.54, 1.807) is 42.6 Å². The van der Waals surface area contributed by atoms with Crippen molar-refractivity contribution in [1.82, 2.24) is 24.6 Å². The lowest BCUT2D eigenvalue weighted by atomic mass is 10.2. The zero-order valence-corrected chi connectivity index (χ0v) is 15.9. The Bertz CT molecular complexity index is 927. The van der Waals surface area contributed by atoms with Crippen molar-refractivity contribution < 1.29 is 13.9 Å². The Kier molecular flexibility index (Phi) is 5.48. The molecule has 0 bridgehead atoms. The van der Waals surface area contributed by atoms with Gasteiger partial charge in [-0.25, -0.2) is 9.97 Å². The van der Waals surface area contributed by atoms with Crippen molar-refractivity contribution in [2.24, 2.45) is 0 Å². The maximum absolute atomic E-state index is 13.1. The van der Waals surface area contributed by atoms with Gasteiger partial charge >= 0.3 is 0 Å². The molecule has 0 radical (unpaired) electrons. The van der Waals surface area contributed by atoms with Crippen LogP contribution in [0.2, 0.25) is 0 Å². The van der Waals surface area contributed by atoms with Gasteiger partial charge in [0, 0.05) is 26.4 Å². The largest absolute Gasteiger partial charge is 0.463 e. The zero-order chi connectivity index (χ0) is 19.3. The van der Waals surface area contributed by atoms with Crippen molar-refractivity contribution >= 4 is 5.91 Å². The van der Waals surface area contributed by atoms with Crippen LogP contribution in [0.15, 0.2) is 41.3 Å².